The van der Waals surface area contributed by atoms with Crippen LogP contribution in [-0.2, 0) is 22.3 Å². The number of aromatic nitrogens is 1. The molecule has 0 bridgehead atoms. The number of carbonyl (C=O) groups excluding carboxylic acids is 1. The van der Waals surface area contributed by atoms with Crippen LogP contribution in [0.3, 0.4) is 0 Å². The van der Waals surface area contributed by atoms with Gasteiger partial charge in [0.25, 0.3) is 5.91 Å². The molecule has 1 aliphatic rings. The van der Waals surface area contributed by atoms with Gasteiger partial charge in [-0.2, -0.15) is 0 Å². The van der Waals surface area contributed by atoms with Crippen LogP contribution in [0.4, 0.5) is 4.39 Å². The van der Waals surface area contributed by atoms with Crippen LogP contribution in [0.5, 0.6) is 5.75 Å². The zero-order chi connectivity index (χ0) is 30.9. The lowest BCUT2D eigenvalue weighted by molar-refractivity contribution is 0.0604. The second-order valence-electron chi connectivity index (χ2n) is 10.9. The third-order valence-electron chi connectivity index (χ3n) is 8.06. The molecule has 12 heteroatoms. The molecule has 1 fully saturated rings. The van der Waals surface area contributed by atoms with Gasteiger partial charge in [0.2, 0.25) is 0 Å². The Balaban J connectivity index is 1.52. The minimum atomic E-state index is -3.70. The van der Waals surface area contributed by atoms with Crippen LogP contribution in [0.1, 0.15) is 52.2 Å². The number of ether oxygens (including phenoxy) is 1. The molecule has 0 spiro atoms. The fourth-order valence-electron chi connectivity index (χ4n) is 5.75. The molecule has 3 N–H and O–H groups in total. The molecular formula is C31H34ClFN4O4S2. The monoisotopic (exact) mass is 644 g/mol. The van der Waals surface area contributed by atoms with Crippen molar-refractivity contribution in [1.82, 2.24) is 15.2 Å². The van der Waals surface area contributed by atoms with Crippen molar-refractivity contribution in [2.75, 3.05) is 14.2 Å². The van der Waals surface area contributed by atoms with Gasteiger partial charge in [-0.1, -0.05) is 29.8 Å². The average molecular weight is 645 g/mol. The first kappa shape index (κ1) is 31.3. The molecule has 4 aromatic rings. The lowest BCUT2D eigenvalue weighted by Crippen LogP contribution is -2.44. The van der Waals surface area contributed by atoms with Crippen molar-refractivity contribution >= 4 is 48.9 Å². The van der Waals surface area contributed by atoms with Gasteiger partial charge in [0.15, 0.2) is 10.0 Å². The van der Waals surface area contributed by atoms with Gasteiger partial charge in [-0.25, -0.2) is 13.4 Å². The summed E-state index contributed by atoms with van der Waals surface area (Å²) < 4.78 is 49.0. The summed E-state index contributed by atoms with van der Waals surface area (Å²) in [5.41, 5.74) is 3.55. The molecule has 43 heavy (non-hydrogen) atoms. The number of thiophene rings is 1. The number of rotatable bonds is 9. The number of amides is 1. The highest BCUT2D eigenvalue weighted by atomic mass is 35.5. The molecule has 2 aromatic carbocycles. The van der Waals surface area contributed by atoms with E-state index in [-0.39, 0.29) is 29.3 Å². The molecule has 8 nitrogen and oxygen atoms in total. The second kappa shape index (κ2) is 12.9. The predicted octanol–water partition coefficient (Wildman–Crippen LogP) is 7.27. The molecule has 1 aliphatic carbocycles. The molecular weight excluding hydrogens is 611 g/mol. The lowest BCUT2D eigenvalue weighted by Gasteiger charge is -2.37. The Kier molecular flexibility index (Phi) is 9.38. The van der Waals surface area contributed by atoms with Crippen molar-refractivity contribution in [3.63, 3.8) is 0 Å². The van der Waals surface area contributed by atoms with Gasteiger partial charge in [-0.15, -0.1) is 11.3 Å². The molecule has 228 valence electrons. The smallest absolute Gasteiger partial charge is 0.266 e. The van der Waals surface area contributed by atoms with Gasteiger partial charge in [-0.3, -0.25) is 9.78 Å². The Hall–Kier alpha value is -3.09. The summed E-state index contributed by atoms with van der Waals surface area (Å²) in [6.07, 6.45) is 5.07. The lowest BCUT2D eigenvalue weighted by atomic mass is 9.89. The fraction of sp³-hybridized carbons (Fsp3) is 0.355. The Morgan fingerprint density at radius 3 is 2.53 bits per heavy atom. The fourth-order valence-corrected chi connectivity index (χ4v) is 7.94. The van der Waals surface area contributed by atoms with Crippen LogP contribution in [0, 0.1) is 17.5 Å². The van der Waals surface area contributed by atoms with Crippen molar-refractivity contribution in [1.29, 1.82) is 4.78 Å². The van der Waals surface area contributed by atoms with Gasteiger partial charge in [0.05, 0.1) is 28.3 Å². The first-order valence-corrected chi connectivity index (χ1v) is 16.8. The molecule has 0 saturated heterocycles. The van der Waals surface area contributed by atoms with E-state index in [0.29, 0.717) is 32.4 Å². The van der Waals surface area contributed by atoms with E-state index in [9.17, 15) is 17.9 Å². The van der Waals surface area contributed by atoms with Crippen LogP contribution in [-0.4, -0.2) is 50.8 Å². The Labute approximate surface area is 260 Å². The summed E-state index contributed by atoms with van der Waals surface area (Å²) in [7, 11) is -0.161. The first-order chi connectivity index (χ1) is 20.5. The van der Waals surface area contributed by atoms with Gasteiger partial charge in [0, 0.05) is 41.3 Å². The number of fused-ring (bicyclic) bond motifs is 1. The quantitative estimate of drug-likeness (QED) is 0.177. The van der Waals surface area contributed by atoms with Crippen molar-refractivity contribution < 1.29 is 22.7 Å². The number of carbonyl (C=O) groups is 1. The number of hydrogen-bond acceptors (Lipinski definition) is 7. The Morgan fingerprint density at radius 2 is 1.93 bits per heavy atom. The number of nitrogens with zero attached hydrogens (tertiary/aromatic N) is 2. The van der Waals surface area contributed by atoms with E-state index >= 15 is 0 Å². The summed E-state index contributed by atoms with van der Waals surface area (Å²) >= 11 is 7.88. The van der Waals surface area contributed by atoms with E-state index in [1.807, 2.05) is 37.1 Å². The summed E-state index contributed by atoms with van der Waals surface area (Å²) in [5.74, 6) is -0.365. The van der Waals surface area contributed by atoms with E-state index in [2.05, 4.69) is 10.3 Å². The molecule has 1 atom stereocenters. The molecule has 0 aliphatic heterocycles. The molecule has 1 amide bonds. The topological polar surface area (TPSA) is 116 Å². The number of aryl methyl sites for hydroxylation is 1. The second-order valence-corrected chi connectivity index (χ2v) is 13.9. The maximum atomic E-state index is 14.8. The third-order valence-corrected chi connectivity index (χ3v) is 10.4. The normalized spacial score (nSPS) is 18.4. The summed E-state index contributed by atoms with van der Waals surface area (Å²) in [6.45, 7) is 2.12. The largest absolute Gasteiger partial charge is 0.496 e. The van der Waals surface area contributed by atoms with Crippen LogP contribution in [0.25, 0.3) is 21.2 Å². The molecule has 5 rings (SSSR count). The Bertz CT molecular complexity index is 1750. The maximum absolute atomic E-state index is 14.8. The number of pyridine rings is 1. The average Bonchev–Trinajstić information content (AvgIpc) is 3.35. The molecule has 0 radical (unpaired) electrons. The molecule has 1 saturated carbocycles. The summed E-state index contributed by atoms with van der Waals surface area (Å²) in [4.78, 5) is 20.8. The molecule has 2 aromatic heterocycles. The van der Waals surface area contributed by atoms with Crippen LogP contribution in [0.2, 0.25) is 5.02 Å². The third kappa shape index (κ3) is 6.86. The minimum absolute atomic E-state index is 0.0446. The number of nitrogens with one attached hydrogen (secondary N) is 2. The number of hydrogen-bond donors (Lipinski definition) is 3. The number of halogens is 2. The van der Waals surface area contributed by atoms with Crippen LogP contribution in [0.15, 0.2) is 48.7 Å². The number of benzene rings is 2. The Morgan fingerprint density at radius 1 is 1.21 bits per heavy atom. The number of methoxy groups -OCH3 is 1. The van der Waals surface area contributed by atoms with Gasteiger partial charge in [-0.05, 0) is 75.0 Å². The van der Waals surface area contributed by atoms with Crippen molar-refractivity contribution in [2.24, 2.45) is 0 Å². The maximum Gasteiger partial charge on any atom is 0.266 e. The van der Waals surface area contributed by atoms with Gasteiger partial charge >= 0.3 is 0 Å². The molecule has 1 unspecified atom stereocenters. The van der Waals surface area contributed by atoms with Gasteiger partial charge in [0.1, 0.15) is 16.4 Å². The van der Waals surface area contributed by atoms with Crippen molar-refractivity contribution in [3.05, 3.63) is 81.2 Å². The highest BCUT2D eigenvalue weighted by Gasteiger charge is 2.32. The van der Waals surface area contributed by atoms with E-state index < -0.39 is 15.8 Å². The highest BCUT2D eigenvalue weighted by Crippen LogP contribution is 2.41. The predicted molar refractivity (Wildman–Crippen MR) is 170 cm³/mol. The van der Waals surface area contributed by atoms with Crippen LogP contribution < -0.4 is 10.1 Å². The van der Waals surface area contributed by atoms with Gasteiger partial charge < -0.3 is 19.5 Å². The zero-order valence-electron chi connectivity index (χ0n) is 24.2. The van der Waals surface area contributed by atoms with E-state index in [1.54, 1.807) is 31.5 Å². The molecule has 2 heterocycles. The highest BCUT2D eigenvalue weighted by molar-refractivity contribution is 7.86. The summed E-state index contributed by atoms with van der Waals surface area (Å²) in [5, 5.41) is 4.20. The van der Waals surface area contributed by atoms with E-state index in [4.69, 9.17) is 21.1 Å². The van der Waals surface area contributed by atoms with E-state index in [0.717, 1.165) is 59.3 Å². The van der Waals surface area contributed by atoms with Crippen molar-refractivity contribution in [2.45, 2.75) is 57.0 Å². The van der Waals surface area contributed by atoms with Crippen LogP contribution >= 0.6 is 22.9 Å². The SMILES string of the molecule is CN[C@H]1CC[C@H](N(Cc2cc(-c3ccc(CS(=N)(=O)O)nc3)ccc2OC)C(=O)c2sc3c(F)ccc(C)c3c2Cl)CC1. The van der Waals surface area contributed by atoms with E-state index in [1.165, 1.54) is 6.07 Å². The summed E-state index contributed by atoms with van der Waals surface area (Å²) in [6, 6.07) is 12.5. The first-order valence-electron chi connectivity index (χ1n) is 14.0. The standard InChI is InChI=1S/C31H34ClFN4O4S2/c1-18-4-12-25(33)29-27(18)28(32)30(42-29)31(38)37(24-10-8-22(35-2)9-11-24)16-21-14-19(6-13-26(21)41-3)20-5-7-23(36-15-20)17-43(34,39)40/h4-7,12-15,22,24,35H,8-11,16-17H2,1-3H3,(H2,34,39,40)/t22-,24-. The van der Waals surface area contributed by atoms with Crippen molar-refractivity contribution in [3.8, 4) is 16.9 Å². The minimum Gasteiger partial charge on any atom is -0.496 e. The zero-order valence-corrected chi connectivity index (χ0v) is 26.5.